The van der Waals surface area contributed by atoms with E-state index in [-0.39, 0.29) is 10.5 Å². The van der Waals surface area contributed by atoms with Crippen LogP contribution in [0.1, 0.15) is 10.8 Å². The third kappa shape index (κ3) is 5.12. The zero-order valence-corrected chi connectivity index (χ0v) is 16.3. The maximum absolute atomic E-state index is 13.0. The number of aromatic nitrogens is 2. The molecule has 6 nitrogen and oxygen atoms in total. The van der Waals surface area contributed by atoms with E-state index < -0.39 is 27.2 Å². The minimum Gasteiger partial charge on any atom is -0.406 e. The van der Waals surface area contributed by atoms with Crippen molar-refractivity contribution in [2.75, 3.05) is 5.32 Å². The Morgan fingerprint density at radius 3 is 2.48 bits per heavy atom. The fourth-order valence-electron chi connectivity index (χ4n) is 2.56. The lowest BCUT2D eigenvalue weighted by Crippen LogP contribution is -2.17. The number of ether oxygens (including phenoxy) is 1. The second-order valence-electron chi connectivity index (χ2n) is 5.71. The highest BCUT2D eigenvalue weighted by Crippen LogP contribution is 2.33. The summed E-state index contributed by atoms with van der Waals surface area (Å²) in [7, 11) is -3.95. The number of hydrogen-bond donors (Lipinski definition) is 1. The Hall–Kier alpha value is -2.92. The summed E-state index contributed by atoms with van der Waals surface area (Å²) >= 11 is 1.28. The van der Waals surface area contributed by atoms with Gasteiger partial charge in [0.05, 0.1) is 4.90 Å². The number of anilines is 2. The first-order chi connectivity index (χ1) is 13.7. The van der Waals surface area contributed by atoms with E-state index in [0.717, 1.165) is 18.2 Å². The van der Waals surface area contributed by atoms with E-state index in [1.807, 2.05) is 0 Å². The van der Waals surface area contributed by atoms with Gasteiger partial charge in [0.1, 0.15) is 16.5 Å². The van der Waals surface area contributed by atoms with Crippen molar-refractivity contribution in [1.82, 2.24) is 10.2 Å². The Kier molecular flexibility index (Phi) is 5.89. The van der Waals surface area contributed by atoms with Crippen molar-refractivity contribution in [2.24, 2.45) is 0 Å². The molecule has 1 unspecified atom stereocenters. The molecule has 0 aliphatic heterocycles. The molecule has 0 bridgehead atoms. The van der Waals surface area contributed by atoms with E-state index in [2.05, 4.69) is 26.8 Å². The molecule has 0 saturated heterocycles. The molecule has 0 aliphatic rings. The SMILES string of the molecule is C=CC(c1cccc(OC(F)(F)F)c1)S(=O)(=O)c1ccc(Nc2nncs2)cc1. The lowest BCUT2D eigenvalue weighted by atomic mass is 10.1. The molecule has 0 fully saturated rings. The fraction of sp³-hybridized carbons (Fsp3) is 0.111. The predicted molar refractivity (Wildman–Crippen MR) is 103 cm³/mol. The predicted octanol–water partition coefficient (Wildman–Crippen LogP) is 4.88. The molecular weight excluding hydrogens is 427 g/mol. The third-order valence-corrected chi connectivity index (χ3v) is 6.43. The minimum atomic E-state index is -4.88. The van der Waals surface area contributed by atoms with E-state index in [9.17, 15) is 21.6 Å². The largest absolute Gasteiger partial charge is 0.573 e. The van der Waals surface area contributed by atoms with Gasteiger partial charge in [-0.25, -0.2) is 8.42 Å². The molecule has 1 aromatic heterocycles. The van der Waals surface area contributed by atoms with E-state index in [1.165, 1.54) is 35.6 Å². The van der Waals surface area contributed by atoms with Crippen LogP contribution >= 0.6 is 11.3 Å². The molecule has 0 spiro atoms. The van der Waals surface area contributed by atoms with Gasteiger partial charge in [0.25, 0.3) is 0 Å². The van der Waals surface area contributed by atoms with E-state index in [1.54, 1.807) is 17.6 Å². The van der Waals surface area contributed by atoms with Crippen molar-refractivity contribution in [3.8, 4) is 5.75 Å². The maximum Gasteiger partial charge on any atom is 0.573 e. The Morgan fingerprint density at radius 1 is 1.17 bits per heavy atom. The number of halogens is 3. The number of hydrogen-bond acceptors (Lipinski definition) is 7. The molecule has 0 radical (unpaired) electrons. The van der Waals surface area contributed by atoms with Crippen molar-refractivity contribution in [3.05, 3.63) is 72.3 Å². The topological polar surface area (TPSA) is 81.2 Å². The zero-order chi connectivity index (χ0) is 21.1. The van der Waals surface area contributed by atoms with Crippen molar-refractivity contribution >= 4 is 32.0 Å². The quantitative estimate of drug-likeness (QED) is 0.526. The van der Waals surface area contributed by atoms with Crippen LogP contribution in [0.15, 0.2) is 71.6 Å². The van der Waals surface area contributed by atoms with Gasteiger partial charge in [-0.1, -0.05) is 29.5 Å². The van der Waals surface area contributed by atoms with Crippen molar-refractivity contribution in [1.29, 1.82) is 0 Å². The highest BCUT2D eigenvalue weighted by molar-refractivity contribution is 7.91. The summed E-state index contributed by atoms with van der Waals surface area (Å²) in [5.74, 6) is -0.506. The molecule has 1 heterocycles. The van der Waals surface area contributed by atoms with E-state index in [4.69, 9.17) is 0 Å². The number of alkyl halides is 3. The molecule has 3 rings (SSSR count). The van der Waals surface area contributed by atoms with Crippen LogP contribution in [0, 0.1) is 0 Å². The summed E-state index contributed by atoms with van der Waals surface area (Å²) < 4.78 is 67.3. The molecule has 2 aromatic carbocycles. The van der Waals surface area contributed by atoms with Crippen LogP contribution in [0.2, 0.25) is 0 Å². The molecule has 0 amide bonds. The van der Waals surface area contributed by atoms with Gasteiger partial charge in [0.2, 0.25) is 5.13 Å². The molecule has 29 heavy (non-hydrogen) atoms. The average molecular weight is 441 g/mol. The first kappa shape index (κ1) is 20.8. The monoisotopic (exact) mass is 441 g/mol. The molecule has 0 saturated carbocycles. The number of nitrogens with one attached hydrogen (secondary N) is 1. The Morgan fingerprint density at radius 2 is 1.90 bits per heavy atom. The van der Waals surface area contributed by atoms with Crippen LogP contribution in [-0.2, 0) is 9.84 Å². The van der Waals surface area contributed by atoms with Gasteiger partial charge in [0, 0.05) is 5.69 Å². The van der Waals surface area contributed by atoms with Crippen LogP contribution in [0.4, 0.5) is 24.0 Å². The van der Waals surface area contributed by atoms with Crippen LogP contribution in [-0.4, -0.2) is 25.0 Å². The molecule has 1 N–H and O–H groups in total. The van der Waals surface area contributed by atoms with Crippen LogP contribution in [0.3, 0.4) is 0 Å². The standard InChI is InChI=1S/C18H14F3N3O3S2/c1-2-16(12-4-3-5-14(10-12)27-18(19,20)21)29(25,26)15-8-6-13(7-9-15)23-17-24-22-11-28-17/h2-11,16H,1H2,(H,23,24). The smallest absolute Gasteiger partial charge is 0.406 e. The molecule has 3 aromatic rings. The number of sulfone groups is 1. The Bertz CT molecular complexity index is 1080. The maximum atomic E-state index is 13.0. The second-order valence-corrected chi connectivity index (χ2v) is 8.62. The number of benzene rings is 2. The molecule has 0 aliphatic carbocycles. The lowest BCUT2D eigenvalue weighted by molar-refractivity contribution is -0.274. The normalized spacial score (nSPS) is 12.9. The zero-order valence-electron chi connectivity index (χ0n) is 14.6. The fourth-order valence-corrected chi connectivity index (χ4v) is 4.59. The summed E-state index contributed by atoms with van der Waals surface area (Å²) in [5.41, 5.74) is 2.26. The first-order valence-electron chi connectivity index (χ1n) is 8.04. The van der Waals surface area contributed by atoms with Gasteiger partial charge in [-0.15, -0.1) is 29.9 Å². The Labute approximate surface area is 168 Å². The molecule has 11 heteroatoms. The summed E-state index contributed by atoms with van der Waals surface area (Å²) in [5, 5.41) is 9.79. The summed E-state index contributed by atoms with van der Waals surface area (Å²) in [6, 6.07) is 10.7. The third-order valence-electron chi connectivity index (χ3n) is 3.76. The number of rotatable bonds is 7. The summed E-state index contributed by atoms with van der Waals surface area (Å²) in [4.78, 5) is -0.00708. The lowest BCUT2D eigenvalue weighted by Gasteiger charge is -2.16. The summed E-state index contributed by atoms with van der Waals surface area (Å²) in [6.07, 6.45) is -3.72. The van der Waals surface area contributed by atoms with Crippen molar-refractivity contribution in [3.63, 3.8) is 0 Å². The van der Waals surface area contributed by atoms with Gasteiger partial charge < -0.3 is 10.1 Å². The van der Waals surface area contributed by atoms with Crippen LogP contribution < -0.4 is 10.1 Å². The molecular formula is C18H14F3N3O3S2. The molecule has 152 valence electrons. The highest BCUT2D eigenvalue weighted by atomic mass is 32.2. The van der Waals surface area contributed by atoms with Gasteiger partial charge in [-0.05, 0) is 42.0 Å². The number of nitrogens with zero attached hydrogens (tertiary/aromatic N) is 2. The van der Waals surface area contributed by atoms with Crippen LogP contribution in [0.5, 0.6) is 5.75 Å². The van der Waals surface area contributed by atoms with E-state index in [0.29, 0.717) is 10.8 Å². The second kappa shape index (κ2) is 8.21. The molecule has 1 atom stereocenters. The van der Waals surface area contributed by atoms with Gasteiger partial charge in [0.15, 0.2) is 9.84 Å². The first-order valence-corrected chi connectivity index (χ1v) is 10.5. The minimum absolute atomic E-state index is 0.00708. The highest BCUT2D eigenvalue weighted by Gasteiger charge is 2.32. The van der Waals surface area contributed by atoms with Crippen molar-refractivity contribution < 1.29 is 26.3 Å². The average Bonchev–Trinajstić information content (AvgIpc) is 3.14. The van der Waals surface area contributed by atoms with E-state index >= 15 is 0 Å². The Balaban J connectivity index is 1.86. The summed E-state index contributed by atoms with van der Waals surface area (Å²) in [6.45, 7) is 3.53. The van der Waals surface area contributed by atoms with Gasteiger partial charge in [-0.2, -0.15) is 0 Å². The van der Waals surface area contributed by atoms with Gasteiger partial charge in [-0.3, -0.25) is 0 Å². The van der Waals surface area contributed by atoms with Crippen LogP contribution in [0.25, 0.3) is 0 Å². The van der Waals surface area contributed by atoms with Gasteiger partial charge >= 0.3 is 6.36 Å². The van der Waals surface area contributed by atoms with Crippen molar-refractivity contribution in [2.45, 2.75) is 16.5 Å².